The van der Waals surface area contributed by atoms with Gasteiger partial charge >= 0.3 is 0 Å². The van der Waals surface area contributed by atoms with Crippen LogP contribution in [0.5, 0.6) is 5.75 Å². The molecule has 4 rings (SSSR count). The number of aromatic nitrogens is 2. The molecule has 0 saturated carbocycles. The van der Waals surface area contributed by atoms with Gasteiger partial charge < -0.3 is 19.4 Å². The third-order valence-electron chi connectivity index (χ3n) is 6.24. The molecule has 166 valence electrons. The van der Waals surface area contributed by atoms with Gasteiger partial charge in [0.05, 0.1) is 19.7 Å². The highest BCUT2D eigenvalue weighted by atomic mass is 16.5. The third-order valence-corrected chi connectivity index (χ3v) is 6.24. The van der Waals surface area contributed by atoms with E-state index < -0.39 is 0 Å². The van der Waals surface area contributed by atoms with Gasteiger partial charge in [-0.2, -0.15) is 0 Å². The van der Waals surface area contributed by atoms with E-state index >= 15 is 0 Å². The summed E-state index contributed by atoms with van der Waals surface area (Å²) in [5.41, 5.74) is 3.42. The van der Waals surface area contributed by atoms with Crippen molar-refractivity contribution in [1.29, 1.82) is 0 Å². The SMILES string of the molecule is COc1ccccc1CN1CCCc2c(C)nc([C@H]3CCCN3C(=O)CN(C)C)nc21. The van der Waals surface area contributed by atoms with E-state index in [1.807, 2.05) is 42.1 Å². The molecule has 0 N–H and O–H groups in total. The van der Waals surface area contributed by atoms with Crippen LogP contribution in [0.3, 0.4) is 0 Å². The van der Waals surface area contributed by atoms with Gasteiger partial charge in [0.25, 0.3) is 0 Å². The van der Waals surface area contributed by atoms with Gasteiger partial charge in [-0.15, -0.1) is 0 Å². The Kier molecular flexibility index (Phi) is 6.41. The highest BCUT2D eigenvalue weighted by Crippen LogP contribution is 2.35. The second-order valence-electron chi connectivity index (χ2n) is 8.79. The van der Waals surface area contributed by atoms with E-state index in [2.05, 4.69) is 17.9 Å². The van der Waals surface area contributed by atoms with E-state index in [1.54, 1.807) is 7.11 Å². The standard InChI is InChI=1S/C24H33N5O2/c1-17-19-10-7-13-28(15-18-9-5-6-12-21(18)31-4)24(19)26-23(25-17)20-11-8-14-29(20)22(30)16-27(2)3/h5-6,9,12,20H,7-8,10-11,13-16H2,1-4H3/t20-/m1/s1. The minimum atomic E-state index is -0.0357. The molecule has 7 nitrogen and oxygen atoms in total. The maximum absolute atomic E-state index is 12.8. The Balaban J connectivity index is 1.65. The van der Waals surface area contributed by atoms with Crippen LogP contribution in [0.4, 0.5) is 5.82 Å². The Morgan fingerprint density at radius 3 is 2.77 bits per heavy atom. The molecule has 2 aromatic rings. The number of ether oxygens (including phenoxy) is 1. The molecule has 1 fully saturated rings. The van der Waals surface area contributed by atoms with Gasteiger partial charge in [0.2, 0.25) is 5.91 Å². The molecule has 0 spiro atoms. The van der Waals surface area contributed by atoms with Crippen molar-refractivity contribution in [3.05, 3.63) is 46.9 Å². The Morgan fingerprint density at radius 1 is 1.19 bits per heavy atom. The smallest absolute Gasteiger partial charge is 0.237 e. The van der Waals surface area contributed by atoms with Crippen molar-refractivity contribution in [1.82, 2.24) is 19.8 Å². The summed E-state index contributed by atoms with van der Waals surface area (Å²) in [6.07, 6.45) is 4.00. The molecular weight excluding hydrogens is 390 g/mol. The van der Waals surface area contributed by atoms with Crippen molar-refractivity contribution in [3.63, 3.8) is 0 Å². The van der Waals surface area contributed by atoms with Crippen molar-refractivity contribution >= 4 is 11.7 Å². The predicted octanol–water partition coefficient (Wildman–Crippen LogP) is 2.97. The number of aryl methyl sites for hydroxylation is 1. The summed E-state index contributed by atoms with van der Waals surface area (Å²) in [6, 6.07) is 8.12. The molecule has 1 amide bonds. The summed E-state index contributed by atoms with van der Waals surface area (Å²) in [7, 11) is 5.57. The van der Waals surface area contributed by atoms with E-state index in [1.165, 1.54) is 5.56 Å². The molecule has 0 aliphatic carbocycles. The average molecular weight is 424 g/mol. The lowest BCUT2D eigenvalue weighted by Crippen LogP contribution is -2.38. The molecule has 2 aliphatic heterocycles. The van der Waals surface area contributed by atoms with Gasteiger partial charge in [0.15, 0.2) is 5.82 Å². The monoisotopic (exact) mass is 423 g/mol. The number of rotatable bonds is 6. The molecule has 7 heteroatoms. The predicted molar refractivity (Wildman–Crippen MR) is 121 cm³/mol. The summed E-state index contributed by atoms with van der Waals surface area (Å²) in [5.74, 6) is 2.86. The van der Waals surface area contributed by atoms with Crippen LogP contribution >= 0.6 is 0 Å². The number of likely N-dealkylation sites (N-methyl/N-ethyl adjacent to an activating group) is 1. The lowest BCUT2D eigenvalue weighted by molar-refractivity contribution is -0.132. The van der Waals surface area contributed by atoms with E-state index in [0.717, 1.165) is 74.0 Å². The fourth-order valence-corrected chi connectivity index (χ4v) is 4.75. The van der Waals surface area contributed by atoms with Crippen molar-refractivity contribution in [2.75, 3.05) is 45.7 Å². The van der Waals surface area contributed by atoms with Crippen molar-refractivity contribution in [2.45, 2.75) is 45.2 Å². The molecule has 1 saturated heterocycles. The highest BCUT2D eigenvalue weighted by Gasteiger charge is 2.34. The van der Waals surface area contributed by atoms with Gasteiger partial charge in [0, 0.05) is 36.5 Å². The first kappa shape index (κ1) is 21.6. The average Bonchev–Trinajstić information content (AvgIpc) is 3.24. The highest BCUT2D eigenvalue weighted by molar-refractivity contribution is 5.79. The number of likely N-dealkylation sites (tertiary alicyclic amines) is 1. The van der Waals surface area contributed by atoms with Crippen LogP contribution in [0.25, 0.3) is 0 Å². The van der Waals surface area contributed by atoms with Crippen LogP contribution < -0.4 is 9.64 Å². The molecule has 1 aromatic carbocycles. The van der Waals surface area contributed by atoms with E-state index in [9.17, 15) is 4.79 Å². The van der Waals surface area contributed by atoms with E-state index in [4.69, 9.17) is 14.7 Å². The largest absolute Gasteiger partial charge is 0.496 e. The minimum Gasteiger partial charge on any atom is -0.496 e. The van der Waals surface area contributed by atoms with Gasteiger partial charge in [-0.1, -0.05) is 18.2 Å². The number of nitrogens with zero attached hydrogens (tertiary/aromatic N) is 5. The zero-order valence-corrected chi connectivity index (χ0v) is 19.1. The van der Waals surface area contributed by atoms with Crippen LogP contribution in [-0.2, 0) is 17.8 Å². The van der Waals surface area contributed by atoms with Gasteiger partial charge in [0.1, 0.15) is 11.6 Å². The molecule has 2 aliphatic rings. The number of carbonyl (C=O) groups excluding carboxylic acids is 1. The lowest BCUT2D eigenvalue weighted by Gasteiger charge is -2.33. The fraction of sp³-hybridized carbons (Fsp3) is 0.542. The van der Waals surface area contributed by atoms with Crippen LogP contribution in [0.1, 0.15) is 47.9 Å². The van der Waals surface area contributed by atoms with E-state index in [0.29, 0.717) is 6.54 Å². The first-order valence-electron chi connectivity index (χ1n) is 11.2. The number of benzene rings is 1. The van der Waals surface area contributed by atoms with Crippen molar-refractivity contribution in [3.8, 4) is 5.75 Å². The second-order valence-corrected chi connectivity index (χ2v) is 8.79. The minimum absolute atomic E-state index is 0.0357. The topological polar surface area (TPSA) is 61.8 Å². The molecular formula is C24H33N5O2. The summed E-state index contributed by atoms with van der Waals surface area (Å²) in [5, 5.41) is 0. The summed E-state index contributed by atoms with van der Waals surface area (Å²) in [6.45, 7) is 4.98. The van der Waals surface area contributed by atoms with Crippen LogP contribution in [0.2, 0.25) is 0 Å². The Morgan fingerprint density at radius 2 is 2.00 bits per heavy atom. The van der Waals surface area contributed by atoms with Crippen LogP contribution in [0.15, 0.2) is 24.3 Å². The number of hydrogen-bond donors (Lipinski definition) is 0. The van der Waals surface area contributed by atoms with Gasteiger partial charge in [-0.3, -0.25) is 4.79 Å². The Hall–Kier alpha value is -2.67. The van der Waals surface area contributed by atoms with Gasteiger partial charge in [-0.05, 0) is 52.8 Å². The quantitative estimate of drug-likeness (QED) is 0.712. The summed E-state index contributed by atoms with van der Waals surface area (Å²) >= 11 is 0. The number of para-hydroxylation sites is 1. The first-order valence-corrected chi connectivity index (χ1v) is 11.2. The second kappa shape index (κ2) is 9.22. The van der Waals surface area contributed by atoms with Crippen LogP contribution in [-0.4, -0.2) is 66.5 Å². The maximum Gasteiger partial charge on any atom is 0.237 e. The summed E-state index contributed by atoms with van der Waals surface area (Å²) in [4.78, 5) is 29.0. The lowest BCUT2D eigenvalue weighted by atomic mass is 10.0. The molecule has 31 heavy (non-hydrogen) atoms. The molecule has 0 unspecified atom stereocenters. The zero-order chi connectivity index (χ0) is 22.0. The van der Waals surface area contributed by atoms with Crippen molar-refractivity contribution in [2.24, 2.45) is 0 Å². The number of fused-ring (bicyclic) bond motifs is 1. The Labute approximate surface area is 185 Å². The molecule has 0 radical (unpaired) electrons. The number of carbonyl (C=O) groups is 1. The Bertz CT molecular complexity index is 946. The third kappa shape index (κ3) is 4.51. The zero-order valence-electron chi connectivity index (χ0n) is 19.1. The molecule has 1 atom stereocenters. The number of hydrogen-bond acceptors (Lipinski definition) is 6. The van der Waals surface area contributed by atoms with E-state index in [-0.39, 0.29) is 11.9 Å². The molecule has 0 bridgehead atoms. The van der Waals surface area contributed by atoms with Crippen LogP contribution in [0, 0.1) is 6.92 Å². The molecule has 1 aromatic heterocycles. The van der Waals surface area contributed by atoms with Gasteiger partial charge in [-0.25, -0.2) is 9.97 Å². The van der Waals surface area contributed by atoms with Crippen molar-refractivity contribution < 1.29 is 9.53 Å². The summed E-state index contributed by atoms with van der Waals surface area (Å²) < 4.78 is 5.57. The fourth-order valence-electron chi connectivity index (χ4n) is 4.75. The normalized spacial score (nSPS) is 18.4. The number of methoxy groups -OCH3 is 1. The molecule has 3 heterocycles. The number of amides is 1. The maximum atomic E-state index is 12.8. The number of anilines is 1. The first-order chi connectivity index (χ1) is 15.0.